The number of hydrogen-bond donors (Lipinski definition) is 2. The van der Waals surface area contributed by atoms with Crippen molar-refractivity contribution in [2.75, 3.05) is 11.9 Å². The molecule has 1 aliphatic heterocycles. The number of rotatable bonds is 2. The quantitative estimate of drug-likeness (QED) is 0.823. The van der Waals surface area contributed by atoms with E-state index in [2.05, 4.69) is 17.6 Å². The minimum absolute atomic E-state index is 0.289. The van der Waals surface area contributed by atoms with Crippen LogP contribution < -0.4 is 10.6 Å². The van der Waals surface area contributed by atoms with E-state index in [0.29, 0.717) is 17.3 Å². The Morgan fingerprint density at radius 1 is 1.47 bits per heavy atom. The average Bonchev–Trinajstić information content (AvgIpc) is 2.31. The second kappa shape index (κ2) is 5.15. The smallest absolute Gasteiger partial charge is 0.126 e. The van der Waals surface area contributed by atoms with Gasteiger partial charge in [0.25, 0.3) is 0 Å². The molecule has 0 spiro atoms. The van der Waals surface area contributed by atoms with E-state index in [-0.39, 0.29) is 11.9 Å². The van der Waals surface area contributed by atoms with Crippen LogP contribution in [0.1, 0.15) is 25.3 Å². The van der Waals surface area contributed by atoms with Gasteiger partial charge in [0.1, 0.15) is 5.82 Å². The highest BCUT2D eigenvalue weighted by atomic mass is 19.1. The summed E-state index contributed by atoms with van der Waals surface area (Å²) in [4.78, 5) is 0. The fraction of sp³-hybridized carbons (Fsp3) is 0.462. The summed E-state index contributed by atoms with van der Waals surface area (Å²) in [7, 11) is 0. The minimum atomic E-state index is -0.372. The van der Waals surface area contributed by atoms with Gasteiger partial charge in [0.15, 0.2) is 0 Å². The third-order valence-corrected chi connectivity index (χ3v) is 3.14. The van der Waals surface area contributed by atoms with Gasteiger partial charge in [-0.25, -0.2) is 4.39 Å². The van der Waals surface area contributed by atoms with Crippen LogP contribution in [0.3, 0.4) is 0 Å². The van der Waals surface area contributed by atoms with Crippen LogP contribution in [0.4, 0.5) is 10.1 Å². The monoisotopic (exact) mass is 233 g/mol. The van der Waals surface area contributed by atoms with Gasteiger partial charge in [-0.1, -0.05) is 0 Å². The summed E-state index contributed by atoms with van der Waals surface area (Å²) in [6.45, 7) is 3.15. The average molecular weight is 233 g/mol. The molecule has 0 aromatic heterocycles. The topological polar surface area (TPSA) is 47.8 Å². The number of nitrogens with zero attached hydrogens (tertiary/aromatic N) is 1. The molecule has 0 amide bonds. The van der Waals surface area contributed by atoms with E-state index < -0.39 is 0 Å². The molecule has 1 fully saturated rings. The first-order valence-corrected chi connectivity index (χ1v) is 5.89. The van der Waals surface area contributed by atoms with Crippen LogP contribution in [0.15, 0.2) is 18.2 Å². The molecule has 2 unspecified atom stereocenters. The molecule has 2 N–H and O–H groups in total. The van der Waals surface area contributed by atoms with Gasteiger partial charge < -0.3 is 10.6 Å². The number of hydrogen-bond acceptors (Lipinski definition) is 3. The van der Waals surface area contributed by atoms with Crippen molar-refractivity contribution in [1.82, 2.24) is 5.32 Å². The van der Waals surface area contributed by atoms with Gasteiger partial charge in [-0.2, -0.15) is 5.26 Å². The molecule has 1 aromatic rings. The van der Waals surface area contributed by atoms with Gasteiger partial charge in [0.05, 0.1) is 11.6 Å². The fourth-order valence-corrected chi connectivity index (χ4v) is 2.19. The third-order valence-electron chi connectivity index (χ3n) is 3.14. The van der Waals surface area contributed by atoms with Crippen LogP contribution in [0, 0.1) is 17.1 Å². The molecule has 90 valence electrons. The highest BCUT2D eigenvalue weighted by molar-refractivity contribution is 5.50. The van der Waals surface area contributed by atoms with E-state index in [1.807, 2.05) is 6.07 Å². The molecule has 1 heterocycles. The molecule has 1 saturated heterocycles. The molecule has 1 aromatic carbocycles. The van der Waals surface area contributed by atoms with Gasteiger partial charge in [-0.15, -0.1) is 0 Å². The van der Waals surface area contributed by atoms with Gasteiger partial charge >= 0.3 is 0 Å². The van der Waals surface area contributed by atoms with Gasteiger partial charge in [-0.05, 0) is 44.5 Å². The molecule has 2 atom stereocenters. The number of nitrogens with one attached hydrogen (secondary N) is 2. The third kappa shape index (κ3) is 2.95. The molecular weight excluding hydrogens is 217 g/mol. The predicted molar refractivity (Wildman–Crippen MR) is 65.2 cm³/mol. The highest BCUT2D eigenvalue weighted by Gasteiger charge is 2.20. The molecular formula is C13H16FN3. The Balaban J connectivity index is 2.12. The summed E-state index contributed by atoms with van der Waals surface area (Å²) in [5.74, 6) is -0.372. The first-order valence-electron chi connectivity index (χ1n) is 5.89. The van der Waals surface area contributed by atoms with E-state index in [4.69, 9.17) is 5.26 Å². The summed E-state index contributed by atoms with van der Waals surface area (Å²) >= 11 is 0. The van der Waals surface area contributed by atoms with Crippen molar-refractivity contribution in [3.8, 4) is 6.07 Å². The first kappa shape index (κ1) is 11.9. The van der Waals surface area contributed by atoms with Crippen LogP contribution in [-0.2, 0) is 0 Å². The zero-order valence-electron chi connectivity index (χ0n) is 9.83. The Kier molecular flexibility index (Phi) is 3.60. The first-order chi connectivity index (χ1) is 8.19. The zero-order chi connectivity index (χ0) is 12.3. The fourth-order valence-electron chi connectivity index (χ4n) is 2.19. The lowest BCUT2D eigenvalue weighted by atomic mass is 9.99. The zero-order valence-corrected chi connectivity index (χ0v) is 9.83. The molecule has 0 radical (unpaired) electrons. The highest BCUT2D eigenvalue weighted by Crippen LogP contribution is 2.18. The van der Waals surface area contributed by atoms with E-state index >= 15 is 0 Å². The number of nitriles is 1. The summed E-state index contributed by atoms with van der Waals surface area (Å²) in [6, 6.07) is 6.97. The summed E-state index contributed by atoms with van der Waals surface area (Å²) in [5.41, 5.74) is 1.03. The number of benzene rings is 1. The lowest BCUT2D eigenvalue weighted by Crippen LogP contribution is -2.46. The predicted octanol–water partition coefficient (Wildman–Crippen LogP) is 2.25. The van der Waals surface area contributed by atoms with Crippen molar-refractivity contribution in [2.24, 2.45) is 0 Å². The number of halogens is 1. The largest absolute Gasteiger partial charge is 0.381 e. The standard InChI is InChI=1S/C13H16FN3/c1-9-13(3-2-4-16-9)17-12-6-10(8-15)5-11(14)7-12/h5-7,9,13,16-17H,2-4H2,1H3. The van der Waals surface area contributed by atoms with Crippen LogP contribution in [0.5, 0.6) is 0 Å². The van der Waals surface area contributed by atoms with Gasteiger partial charge in [0.2, 0.25) is 0 Å². The molecule has 17 heavy (non-hydrogen) atoms. The van der Waals surface area contributed by atoms with Crippen LogP contribution in [-0.4, -0.2) is 18.6 Å². The lowest BCUT2D eigenvalue weighted by Gasteiger charge is -2.31. The van der Waals surface area contributed by atoms with Crippen LogP contribution in [0.25, 0.3) is 0 Å². The molecule has 0 saturated carbocycles. The Hall–Kier alpha value is -1.60. The van der Waals surface area contributed by atoms with E-state index in [1.54, 1.807) is 6.07 Å². The maximum absolute atomic E-state index is 13.3. The lowest BCUT2D eigenvalue weighted by molar-refractivity contribution is 0.389. The second-order valence-corrected chi connectivity index (χ2v) is 4.48. The second-order valence-electron chi connectivity index (χ2n) is 4.48. The van der Waals surface area contributed by atoms with E-state index in [0.717, 1.165) is 19.4 Å². The minimum Gasteiger partial charge on any atom is -0.381 e. The van der Waals surface area contributed by atoms with Crippen molar-refractivity contribution in [3.05, 3.63) is 29.6 Å². The Morgan fingerprint density at radius 2 is 2.29 bits per heavy atom. The van der Waals surface area contributed by atoms with Crippen molar-refractivity contribution < 1.29 is 4.39 Å². The SMILES string of the molecule is CC1NCCCC1Nc1cc(F)cc(C#N)c1. The summed E-state index contributed by atoms with van der Waals surface area (Å²) < 4.78 is 13.3. The van der Waals surface area contributed by atoms with Crippen LogP contribution >= 0.6 is 0 Å². The number of anilines is 1. The van der Waals surface area contributed by atoms with Crippen molar-refractivity contribution >= 4 is 5.69 Å². The normalized spacial score (nSPS) is 24.1. The molecule has 1 aliphatic rings. The van der Waals surface area contributed by atoms with E-state index in [1.165, 1.54) is 12.1 Å². The molecule has 0 bridgehead atoms. The number of piperidine rings is 1. The maximum atomic E-state index is 13.3. The Morgan fingerprint density at radius 3 is 3.00 bits per heavy atom. The van der Waals surface area contributed by atoms with Gasteiger partial charge in [0, 0.05) is 17.8 Å². The van der Waals surface area contributed by atoms with Crippen molar-refractivity contribution in [3.63, 3.8) is 0 Å². The van der Waals surface area contributed by atoms with Crippen LogP contribution in [0.2, 0.25) is 0 Å². The molecule has 2 rings (SSSR count). The Bertz CT molecular complexity index is 439. The van der Waals surface area contributed by atoms with Gasteiger partial charge in [-0.3, -0.25) is 0 Å². The Labute approximate surface area is 101 Å². The maximum Gasteiger partial charge on any atom is 0.126 e. The molecule has 0 aliphatic carbocycles. The van der Waals surface area contributed by atoms with E-state index in [9.17, 15) is 4.39 Å². The summed E-state index contributed by atoms with van der Waals surface area (Å²) in [6.07, 6.45) is 2.18. The van der Waals surface area contributed by atoms with Crippen molar-refractivity contribution in [2.45, 2.75) is 31.8 Å². The molecule has 3 nitrogen and oxygen atoms in total. The van der Waals surface area contributed by atoms with Crippen molar-refractivity contribution in [1.29, 1.82) is 5.26 Å². The summed E-state index contributed by atoms with van der Waals surface area (Å²) in [5, 5.41) is 15.5. The molecule has 4 heteroatoms.